The zero-order valence-corrected chi connectivity index (χ0v) is 10.4. The summed E-state index contributed by atoms with van der Waals surface area (Å²) in [6.07, 6.45) is 0. The molecule has 0 radical (unpaired) electrons. The van der Waals surface area contributed by atoms with Gasteiger partial charge in [-0.3, -0.25) is 0 Å². The second-order valence-electron chi connectivity index (χ2n) is 4.01. The summed E-state index contributed by atoms with van der Waals surface area (Å²) in [4.78, 5) is 0. The van der Waals surface area contributed by atoms with Crippen LogP contribution in [0.15, 0.2) is 60.7 Å². The molecule has 84 valence electrons. The summed E-state index contributed by atoms with van der Waals surface area (Å²) in [6.45, 7) is 1.10. The molecular formula is C15H14NS+. The zero-order chi connectivity index (χ0) is 11.5. The highest BCUT2D eigenvalue weighted by Crippen LogP contribution is 2.24. The normalized spacial score (nSPS) is 15.3. The molecule has 0 saturated carbocycles. The molecule has 0 atom stereocenters. The van der Waals surface area contributed by atoms with Crippen LogP contribution < -0.4 is 0 Å². The van der Waals surface area contributed by atoms with Crippen LogP contribution in [0.3, 0.4) is 0 Å². The zero-order valence-electron chi connectivity index (χ0n) is 9.54. The highest BCUT2D eigenvalue weighted by molar-refractivity contribution is 8.14. The van der Waals surface area contributed by atoms with E-state index in [2.05, 4.69) is 65.2 Å². The second-order valence-corrected chi connectivity index (χ2v) is 5.09. The molecule has 0 N–H and O–H groups in total. The van der Waals surface area contributed by atoms with Crippen molar-refractivity contribution in [3.05, 3.63) is 66.2 Å². The van der Waals surface area contributed by atoms with Gasteiger partial charge in [0.15, 0.2) is 6.54 Å². The van der Waals surface area contributed by atoms with E-state index in [1.54, 1.807) is 0 Å². The molecule has 0 aromatic heterocycles. The Morgan fingerprint density at radius 3 is 2.18 bits per heavy atom. The molecule has 1 heterocycles. The number of hydrogen-bond acceptors (Lipinski definition) is 1. The largest absolute Gasteiger partial charge is 0.248 e. The van der Waals surface area contributed by atoms with Crippen LogP contribution in [0, 0.1) is 0 Å². The van der Waals surface area contributed by atoms with Crippen LogP contribution in [-0.4, -0.2) is 21.9 Å². The number of hydrogen-bond donors (Lipinski definition) is 0. The van der Waals surface area contributed by atoms with Gasteiger partial charge in [-0.25, -0.2) is 0 Å². The summed E-state index contributed by atoms with van der Waals surface area (Å²) >= 11 is 1.94. The monoisotopic (exact) mass is 240 g/mol. The molecule has 0 unspecified atom stereocenters. The van der Waals surface area contributed by atoms with Gasteiger partial charge in [-0.05, 0) is 23.9 Å². The van der Waals surface area contributed by atoms with Crippen molar-refractivity contribution in [3.63, 3.8) is 0 Å². The number of benzene rings is 2. The third-order valence-electron chi connectivity index (χ3n) is 2.89. The van der Waals surface area contributed by atoms with Gasteiger partial charge in [0.2, 0.25) is 10.7 Å². The predicted octanol–water partition coefficient (Wildman–Crippen LogP) is 3.52. The van der Waals surface area contributed by atoms with Crippen molar-refractivity contribution < 1.29 is 4.58 Å². The van der Waals surface area contributed by atoms with Crippen molar-refractivity contribution in [1.29, 1.82) is 0 Å². The van der Waals surface area contributed by atoms with Crippen LogP contribution in [0.1, 0.15) is 5.56 Å². The predicted molar refractivity (Wildman–Crippen MR) is 74.2 cm³/mol. The third kappa shape index (κ3) is 2.13. The molecule has 2 heteroatoms. The first kappa shape index (κ1) is 10.6. The van der Waals surface area contributed by atoms with Crippen LogP contribution in [-0.2, 0) is 0 Å². The van der Waals surface area contributed by atoms with Gasteiger partial charge in [0, 0.05) is 12.1 Å². The number of thioether (sulfide) groups is 1. The summed E-state index contributed by atoms with van der Waals surface area (Å²) < 4.78 is 2.40. The average Bonchev–Trinajstić information content (AvgIpc) is 2.90. The summed E-state index contributed by atoms with van der Waals surface area (Å²) in [5.74, 6) is 1.17. The van der Waals surface area contributed by atoms with E-state index in [1.165, 1.54) is 22.0 Å². The van der Waals surface area contributed by atoms with Gasteiger partial charge in [-0.2, -0.15) is 4.58 Å². The van der Waals surface area contributed by atoms with Crippen LogP contribution >= 0.6 is 11.8 Å². The van der Waals surface area contributed by atoms with Gasteiger partial charge < -0.3 is 0 Å². The maximum atomic E-state index is 2.40. The molecule has 17 heavy (non-hydrogen) atoms. The summed E-state index contributed by atoms with van der Waals surface area (Å²) in [7, 11) is 0. The average molecular weight is 240 g/mol. The molecular weight excluding hydrogens is 226 g/mol. The first-order valence-electron chi connectivity index (χ1n) is 5.83. The Labute approximate surface area is 106 Å². The fraction of sp³-hybridized carbons (Fsp3) is 0.133. The van der Waals surface area contributed by atoms with E-state index in [9.17, 15) is 0 Å². The van der Waals surface area contributed by atoms with Gasteiger partial charge in [-0.15, -0.1) is 0 Å². The Kier molecular flexibility index (Phi) is 2.97. The smallest absolute Gasteiger partial charge is 0.185 e. The summed E-state index contributed by atoms with van der Waals surface area (Å²) in [6, 6.07) is 21.2. The van der Waals surface area contributed by atoms with E-state index < -0.39 is 0 Å². The minimum Gasteiger partial charge on any atom is -0.185 e. The molecule has 2 aromatic carbocycles. The Morgan fingerprint density at radius 1 is 0.824 bits per heavy atom. The summed E-state index contributed by atoms with van der Waals surface area (Å²) in [5.41, 5.74) is 2.61. The van der Waals surface area contributed by atoms with E-state index >= 15 is 0 Å². The minimum absolute atomic E-state index is 1.10. The van der Waals surface area contributed by atoms with Crippen LogP contribution in [0.2, 0.25) is 0 Å². The molecule has 0 aliphatic carbocycles. The minimum atomic E-state index is 1.10. The highest BCUT2D eigenvalue weighted by Gasteiger charge is 2.26. The quantitative estimate of drug-likeness (QED) is 0.726. The van der Waals surface area contributed by atoms with E-state index in [0.717, 1.165) is 6.54 Å². The highest BCUT2D eigenvalue weighted by atomic mass is 32.2. The van der Waals surface area contributed by atoms with Crippen LogP contribution in [0.5, 0.6) is 0 Å². The molecule has 3 rings (SSSR count). The van der Waals surface area contributed by atoms with Crippen molar-refractivity contribution >= 4 is 22.5 Å². The molecule has 1 aliphatic rings. The van der Waals surface area contributed by atoms with Crippen molar-refractivity contribution in [1.82, 2.24) is 0 Å². The number of para-hydroxylation sites is 1. The third-order valence-corrected chi connectivity index (χ3v) is 4.00. The Morgan fingerprint density at radius 2 is 1.47 bits per heavy atom. The van der Waals surface area contributed by atoms with E-state index in [-0.39, 0.29) is 0 Å². The van der Waals surface area contributed by atoms with Gasteiger partial charge in [-0.1, -0.05) is 36.4 Å². The van der Waals surface area contributed by atoms with Gasteiger partial charge >= 0.3 is 0 Å². The fourth-order valence-electron chi connectivity index (χ4n) is 2.09. The molecule has 0 amide bonds. The van der Waals surface area contributed by atoms with Crippen molar-refractivity contribution in [2.45, 2.75) is 0 Å². The van der Waals surface area contributed by atoms with E-state index in [4.69, 9.17) is 0 Å². The molecule has 0 bridgehead atoms. The van der Waals surface area contributed by atoms with Crippen LogP contribution in [0.4, 0.5) is 5.69 Å². The van der Waals surface area contributed by atoms with Gasteiger partial charge in [0.1, 0.15) is 0 Å². The SMILES string of the molecule is c1ccc(C2=[N+](c3ccccc3)CCS2)cc1. The summed E-state index contributed by atoms with van der Waals surface area (Å²) in [5, 5.41) is 1.37. The van der Waals surface area contributed by atoms with Crippen molar-refractivity contribution in [3.8, 4) is 0 Å². The first-order chi connectivity index (χ1) is 8.45. The molecule has 1 aliphatic heterocycles. The maximum Gasteiger partial charge on any atom is 0.248 e. The maximum absolute atomic E-state index is 2.40. The Bertz CT molecular complexity index is 482. The lowest BCUT2D eigenvalue weighted by Crippen LogP contribution is -2.09. The van der Waals surface area contributed by atoms with Crippen molar-refractivity contribution in [2.75, 3.05) is 12.3 Å². The lowest BCUT2D eigenvalue weighted by atomic mass is 10.2. The Balaban J connectivity index is 2.08. The second kappa shape index (κ2) is 4.76. The Hall–Kier alpha value is -1.54. The number of rotatable bonds is 2. The van der Waals surface area contributed by atoms with E-state index in [0.29, 0.717) is 0 Å². The molecule has 0 fully saturated rings. The van der Waals surface area contributed by atoms with Gasteiger partial charge in [0.25, 0.3) is 0 Å². The molecule has 0 saturated heterocycles. The first-order valence-corrected chi connectivity index (χ1v) is 6.81. The van der Waals surface area contributed by atoms with Gasteiger partial charge in [0.05, 0.1) is 11.3 Å². The topological polar surface area (TPSA) is 3.01 Å². The van der Waals surface area contributed by atoms with E-state index in [1.807, 2.05) is 11.8 Å². The molecule has 2 aromatic rings. The number of nitrogens with zero attached hydrogens (tertiary/aromatic N) is 1. The molecule has 0 spiro atoms. The van der Waals surface area contributed by atoms with Crippen LogP contribution in [0.25, 0.3) is 0 Å². The lowest BCUT2D eigenvalue weighted by molar-refractivity contribution is -0.428. The standard InChI is InChI=1S/C15H14NS/c1-3-7-13(8-4-1)15-16(11-12-17-15)14-9-5-2-6-10-14/h1-10H,11-12H2/q+1. The molecule has 1 nitrogen and oxygen atoms in total. The lowest BCUT2D eigenvalue weighted by Gasteiger charge is -2.00. The fourth-order valence-corrected chi connectivity index (χ4v) is 3.21. The van der Waals surface area contributed by atoms with Crippen molar-refractivity contribution in [2.24, 2.45) is 0 Å².